The molecule has 0 unspecified atom stereocenters. The number of allylic oxidation sites excluding steroid dienone is 1. The van der Waals surface area contributed by atoms with Gasteiger partial charge in [0, 0.05) is 18.4 Å². The molecule has 6 rings (SSSR count). The predicted molar refractivity (Wildman–Crippen MR) is 176 cm³/mol. The molecule has 16 heteroatoms. The summed E-state index contributed by atoms with van der Waals surface area (Å²) in [6.45, 7) is 3.73. The third-order valence-corrected chi connectivity index (χ3v) is 11.8. The Bertz CT molecular complexity index is 1780. The number of nitrogens with one attached hydrogen (secondary N) is 3. The number of fused-ring (bicyclic) bond motifs is 3. The van der Waals surface area contributed by atoms with Crippen LogP contribution in [0.15, 0.2) is 36.5 Å². The first kappa shape index (κ1) is 34.4. The lowest BCUT2D eigenvalue weighted by atomic mass is 9.92. The van der Waals surface area contributed by atoms with Gasteiger partial charge in [0.15, 0.2) is 0 Å². The summed E-state index contributed by atoms with van der Waals surface area (Å²) >= 11 is 0. The second-order valence-electron chi connectivity index (χ2n) is 13.7. The van der Waals surface area contributed by atoms with E-state index in [0.717, 1.165) is 6.42 Å². The van der Waals surface area contributed by atoms with Crippen LogP contribution in [0.25, 0.3) is 11.0 Å². The molecule has 264 valence electrons. The number of nitrogens with zero attached hydrogens (tertiary/aromatic N) is 3. The summed E-state index contributed by atoms with van der Waals surface area (Å²) in [7, 11) is -2.37. The normalized spacial score (nSPS) is 30.6. The van der Waals surface area contributed by atoms with E-state index >= 15 is 0 Å². The highest BCUT2D eigenvalue weighted by molar-refractivity contribution is 7.91. The number of carboxylic acid groups (broad SMARTS) is 1. The monoisotopic (exact) mass is 698 g/mol. The van der Waals surface area contributed by atoms with E-state index in [4.69, 9.17) is 9.47 Å². The van der Waals surface area contributed by atoms with E-state index in [2.05, 4.69) is 25.3 Å². The lowest BCUT2D eigenvalue weighted by Crippen LogP contribution is -2.59. The van der Waals surface area contributed by atoms with Crippen molar-refractivity contribution in [2.75, 3.05) is 13.7 Å². The van der Waals surface area contributed by atoms with Crippen molar-refractivity contribution in [3.8, 4) is 11.6 Å². The van der Waals surface area contributed by atoms with Gasteiger partial charge in [-0.25, -0.2) is 23.2 Å². The number of amides is 4. The Labute approximate surface area is 284 Å². The van der Waals surface area contributed by atoms with Gasteiger partial charge in [0.2, 0.25) is 27.7 Å². The molecule has 1 aromatic carbocycles. The van der Waals surface area contributed by atoms with Crippen molar-refractivity contribution >= 4 is 44.9 Å². The molecule has 4 aliphatic rings. The molecule has 0 radical (unpaired) electrons. The Balaban J connectivity index is 1.31. The Morgan fingerprint density at radius 1 is 1.10 bits per heavy atom. The Morgan fingerprint density at radius 3 is 2.59 bits per heavy atom. The molecule has 7 atom stereocenters. The van der Waals surface area contributed by atoms with Crippen molar-refractivity contribution in [2.24, 2.45) is 17.8 Å². The van der Waals surface area contributed by atoms with E-state index in [1.807, 2.05) is 19.1 Å². The maximum absolute atomic E-state index is 14.2. The summed E-state index contributed by atoms with van der Waals surface area (Å²) in [5.41, 5.74) is -0.416. The number of aromatic nitrogens is 2. The minimum atomic E-state index is -3.90. The van der Waals surface area contributed by atoms with Gasteiger partial charge in [0.05, 0.1) is 36.1 Å². The van der Waals surface area contributed by atoms with E-state index < -0.39 is 74.7 Å². The molecule has 2 aliphatic heterocycles. The van der Waals surface area contributed by atoms with Crippen molar-refractivity contribution in [1.29, 1.82) is 0 Å². The van der Waals surface area contributed by atoms with Crippen molar-refractivity contribution in [1.82, 2.24) is 30.2 Å². The third kappa shape index (κ3) is 7.43. The van der Waals surface area contributed by atoms with Crippen LogP contribution >= 0.6 is 0 Å². The fourth-order valence-corrected chi connectivity index (χ4v) is 8.14. The highest BCUT2D eigenvalue weighted by Crippen LogP contribution is 2.46. The van der Waals surface area contributed by atoms with Gasteiger partial charge in [0.1, 0.15) is 29.5 Å². The molecule has 3 fully saturated rings. The molecule has 0 bridgehead atoms. The number of carbonyl (C=O) groups excluding carboxylic acids is 3. The highest BCUT2D eigenvalue weighted by Gasteiger charge is 2.62. The second-order valence-corrected chi connectivity index (χ2v) is 15.6. The van der Waals surface area contributed by atoms with Crippen LogP contribution in [-0.4, -0.2) is 94.8 Å². The number of rotatable bonds is 7. The Hall–Kier alpha value is -4.47. The van der Waals surface area contributed by atoms with E-state index in [0.29, 0.717) is 42.5 Å². The predicted octanol–water partition coefficient (Wildman–Crippen LogP) is 2.12. The summed E-state index contributed by atoms with van der Waals surface area (Å²) in [6, 6.07) is 2.89. The summed E-state index contributed by atoms with van der Waals surface area (Å²) in [6.07, 6.45) is 6.22. The molecule has 2 aromatic rings. The molecule has 4 N–H and O–H groups in total. The van der Waals surface area contributed by atoms with Crippen molar-refractivity contribution in [3.05, 3.63) is 36.5 Å². The smallest absolute Gasteiger partial charge is 0.405 e. The van der Waals surface area contributed by atoms with Crippen LogP contribution in [0, 0.1) is 17.8 Å². The van der Waals surface area contributed by atoms with Crippen LogP contribution in [0.1, 0.15) is 58.8 Å². The summed E-state index contributed by atoms with van der Waals surface area (Å²) in [5, 5.41) is 14.2. The van der Waals surface area contributed by atoms with Gasteiger partial charge in [-0.1, -0.05) is 32.4 Å². The van der Waals surface area contributed by atoms with E-state index in [1.54, 1.807) is 25.1 Å². The zero-order valence-corrected chi connectivity index (χ0v) is 28.4. The van der Waals surface area contributed by atoms with Crippen molar-refractivity contribution in [2.45, 2.75) is 87.8 Å². The number of benzene rings is 1. The molecule has 15 nitrogen and oxygen atoms in total. The van der Waals surface area contributed by atoms with Gasteiger partial charge in [-0.15, -0.1) is 0 Å². The zero-order chi connectivity index (χ0) is 35.1. The van der Waals surface area contributed by atoms with Gasteiger partial charge >= 0.3 is 6.09 Å². The van der Waals surface area contributed by atoms with E-state index in [9.17, 15) is 32.7 Å². The van der Waals surface area contributed by atoms with Gasteiger partial charge in [-0.2, -0.15) is 0 Å². The average molecular weight is 699 g/mol. The Morgan fingerprint density at radius 2 is 1.88 bits per heavy atom. The Kier molecular flexibility index (Phi) is 9.44. The number of hydrogen-bond donors (Lipinski definition) is 4. The fourth-order valence-electron chi connectivity index (χ4n) is 6.78. The first-order valence-corrected chi connectivity index (χ1v) is 18.2. The van der Waals surface area contributed by atoms with E-state index in [1.165, 1.54) is 18.2 Å². The SMILES string of the molecule is COc1ccc2ncc(O[C@@H]3C[C@H]4C(=O)N[C@]5(C(=O)NS(=O)(=O)C6CC6)C[C@H]5C=C[C@@H](C)CCC[C@@H](C)[C@H](NC(=O)O)C(=O)N4C3)nc2c1. The molecular weight excluding hydrogens is 656 g/mol. The van der Waals surface area contributed by atoms with Crippen LogP contribution in [0.5, 0.6) is 11.6 Å². The molecule has 49 heavy (non-hydrogen) atoms. The molecular formula is C33H42N6O9S. The van der Waals surface area contributed by atoms with Crippen LogP contribution in [0.2, 0.25) is 0 Å². The summed E-state index contributed by atoms with van der Waals surface area (Å²) < 4.78 is 39.1. The minimum Gasteiger partial charge on any atom is -0.497 e. The summed E-state index contributed by atoms with van der Waals surface area (Å²) in [5.74, 6) is -2.13. The maximum atomic E-state index is 14.2. The van der Waals surface area contributed by atoms with Gasteiger partial charge < -0.3 is 30.1 Å². The summed E-state index contributed by atoms with van der Waals surface area (Å²) in [4.78, 5) is 64.0. The van der Waals surface area contributed by atoms with E-state index in [-0.39, 0.29) is 31.2 Å². The van der Waals surface area contributed by atoms with Crippen LogP contribution in [0.3, 0.4) is 0 Å². The number of methoxy groups -OCH3 is 1. The molecule has 2 saturated carbocycles. The largest absolute Gasteiger partial charge is 0.497 e. The fraction of sp³-hybridized carbons (Fsp3) is 0.576. The van der Waals surface area contributed by atoms with Gasteiger partial charge in [-0.05, 0) is 56.1 Å². The second kappa shape index (κ2) is 13.4. The zero-order valence-electron chi connectivity index (χ0n) is 27.6. The first-order chi connectivity index (χ1) is 23.3. The quantitative estimate of drug-likeness (QED) is 0.308. The average Bonchev–Trinajstić information content (AvgIpc) is 3.98. The van der Waals surface area contributed by atoms with Gasteiger partial charge in [0.25, 0.3) is 5.91 Å². The number of carbonyl (C=O) groups is 4. The topological polar surface area (TPSA) is 206 Å². The lowest BCUT2D eigenvalue weighted by molar-refractivity contribution is -0.142. The minimum absolute atomic E-state index is 0.000808. The first-order valence-electron chi connectivity index (χ1n) is 16.6. The van der Waals surface area contributed by atoms with Crippen LogP contribution in [0.4, 0.5) is 4.79 Å². The number of sulfonamides is 1. The molecule has 4 amide bonds. The molecule has 0 spiro atoms. The highest BCUT2D eigenvalue weighted by atomic mass is 32.2. The van der Waals surface area contributed by atoms with Crippen LogP contribution in [-0.2, 0) is 24.4 Å². The third-order valence-electron chi connectivity index (χ3n) is 9.93. The number of hydrogen-bond acceptors (Lipinski definition) is 10. The molecule has 3 heterocycles. The molecule has 2 aliphatic carbocycles. The number of ether oxygens (including phenoxy) is 2. The van der Waals surface area contributed by atoms with Crippen LogP contribution < -0.4 is 24.8 Å². The molecule has 1 saturated heterocycles. The van der Waals surface area contributed by atoms with Gasteiger partial charge in [-0.3, -0.25) is 19.1 Å². The lowest BCUT2D eigenvalue weighted by Gasteiger charge is -2.31. The standard InChI is InChI=1S/C33H42N6O9S/c1-18-5-4-6-19(2)28(36-32(43)44)30(41)39-17-22(48-27-16-34-24-12-9-21(47-3)13-25(24)35-27)14-26(39)29(40)37-33(15-20(33)8-7-18)31(42)38-49(45,46)23-10-11-23/h7-9,12-13,16,18-20,22-23,26,28,36H,4-6,10-11,14-15,17H2,1-3H3,(H,37,40)(H,38,42)(H,43,44)/t18-,19+,20+,22+,26-,28-,33+/m0/s1. The van der Waals surface area contributed by atoms with Crippen molar-refractivity contribution in [3.63, 3.8) is 0 Å². The van der Waals surface area contributed by atoms with Crippen molar-refractivity contribution < 1.29 is 42.2 Å². The maximum Gasteiger partial charge on any atom is 0.405 e. The molecule has 1 aromatic heterocycles.